The van der Waals surface area contributed by atoms with Crippen molar-refractivity contribution in [2.24, 2.45) is 0 Å². The van der Waals surface area contributed by atoms with Gasteiger partial charge in [-0.05, 0) is 32.4 Å². The highest BCUT2D eigenvalue weighted by atomic mass is 16.6. The molecule has 0 atom stereocenters. The SMILES string of the molecule is C=Cc1ccnc(OC)c1C(=O)OC(C)(C)C. The van der Waals surface area contributed by atoms with Crippen LogP contribution in [0.5, 0.6) is 5.88 Å². The molecule has 1 aromatic rings. The molecule has 0 aliphatic carbocycles. The number of hydrogen-bond acceptors (Lipinski definition) is 4. The minimum Gasteiger partial charge on any atom is -0.480 e. The molecule has 4 heteroatoms. The van der Waals surface area contributed by atoms with Gasteiger partial charge in [-0.2, -0.15) is 0 Å². The Balaban J connectivity index is 3.19. The van der Waals surface area contributed by atoms with Crippen LogP contribution >= 0.6 is 0 Å². The molecule has 0 bridgehead atoms. The average Bonchev–Trinajstić information content (AvgIpc) is 2.25. The van der Waals surface area contributed by atoms with Gasteiger partial charge in [0.1, 0.15) is 11.2 Å². The molecular weight excluding hydrogens is 218 g/mol. The Kier molecular flexibility index (Phi) is 3.89. The Morgan fingerprint density at radius 3 is 2.59 bits per heavy atom. The Bertz CT molecular complexity index is 433. The first-order valence-electron chi connectivity index (χ1n) is 5.28. The van der Waals surface area contributed by atoms with E-state index in [1.165, 1.54) is 7.11 Å². The van der Waals surface area contributed by atoms with Crippen molar-refractivity contribution in [3.63, 3.8) is 0 Å². The van der Waals surface area contributed by atoms with E-state index in [4.69, 9.17) is 9.47 Å². The van der Waals surface area contributed by atoms with E-state index in [-0.39, 0.29) is 5.88 Å². The van der Waals surface area contributed by atoms with Crippen LogP contribution in [0, 0.1) is 0 Å². The van der Waals surface area contributed by atoms with E-state index < -0.39 is 11.6 Å². The molecule has 0 unspecified atom stereocenters. The van der Waals surface area contributed by atoms with Crippen molar-refractivity contribution >= 4 is 12.0 Å². The number of hydrogen-bond donors (Lipinski definition) is 0. The second kappa shape index (κ2) is 4.99. The molecule has 0 aliphatic heterocycles. The average molecular weight is 235 g/mol. The Labute approximate surface area is 101 Å². The minimum atomic E-state index is -0.559. The van der Waals surface area contributed by atoms with Crippen LogP contribution < -0.4 is 4.74 Å². The first-order chi connectivity index (χ1) is 7.89. The van der Waals surface area contributed by atoms with Crippen molar-refractivity contribution in [1.29, 1.82) is 0 Å². The zero-order valence-corrected chi connectivity index (χ0v) is 10.6. The molecule has 0 aromatic carbocycles. The quantitative estimate of drug-likeness (QED) is 0.756. The van der Waals surface area contributed by atoms with E-state index in [0.29, 0.717) is 11.1 Å². The third-order valence-electron chi connectivity index (χ3n) is 1.96. The minimum absolute atomic E-state index is 0.247. The lowest BCUT2D eigenvalue weighted by molar-refractivity contribution is 0.00655. The van der Waals surface area contributed by atoms with Crippen LogP contribution in [-0.2, 0) is 4.74 Å². The van der Waals surface area contributed by atoms with Gasteiger partial charge in [0.15, 0.2) is 0 Å². The summed E-state index contributed by atoms with van der Waals surface area (Å²) in [4.78, 5) is 16.0. The van der Waals surface area contributed by atoms with E-state index in [1.54, 1.807) is 39.1 Å². The van der Waals surface area contributed by atoms with Crippen LogP contribution in [-0.4, -0.2) is 23.7 Å². The van der Waals surface area contributed by atoms with Crippen molar-refractivity contribution < 1.29 is 14.3 Å². The van der Waals surface area contributed by atoms with Crippen molar-refractivity contribution in [2.75, 3.05) is 7.11 Å². The number of carbonyl (C=O) groups is 1. The van der Waals surface area contributed by atoms with Crippen molar-refractivity contribution in [3.05, 3.63) is 30.0 Å². The van der Waals surface area contributed by atoms with Crippen LogP contribution in [0.25, 0.3) is 6.08 Å². The van der Waals surface area contributed by atoms with E-state index in [1.807, 2.05) is 0 Å². The van der Waals surface area contributed by atoms with Gasteiger partial charge in [0.25, 0.3) is 0 Å². The maximum atomic E-state index is 12.0. The van der Waals surface area contributed by atoms with Gasteiger partial charge in [0.05, 0.1) is 7.11 Å². The van der Waals surface area contributed by atoms with Crippen LogP contribution in [0.3, 0.4) is 0 Å². The molecule has 0 saturated carbocycles. The number of nitrogens with zero attached hydrogens (tertiary/aromatic N) is 1. The zero-order chi connectivity index (χ0) is 13.1. The second-order valence-corrected chi connectivity index (χ2v) is 4.49. The molecule has 1 heterocycles. The fraction of sp³-hybridized carbons (Fsp3) is 0.385. The van der Waals surface area contributed by atoms with Crippen molar-refractivity contribution in [2.45, 2.75) is 26.4 Å². The number of aromatic nitrogens is 1. The molecule has 0 fully saturated rings. The first kappa shape index (κ1) is 13.2. The van der Waals surface area contributed by atoms with E-state index in [9.17, 15) is 4.79 Å². The largest absolute Gasteiger partial charge is 0.480 e. The van der Waals surface area contributed by atoms with Crippen LogP contribution in [0.4, 0.5) is 0 Å². The molecule has 0 N–H and O–H groups in total. The molecule has 1 rings (SSSR count). The first-order valence-corrected chi connectivity index (χ1v) is 5.28. The molecule has 4 nitrogen and oxygen atoms in total. The van der Waals surface area contributed by atoms with E-state index >= 15 is 0 Å². The monoisotopic (exact) mass is 235 g/mol. The standard InChI is InChI=1S/C13H17NO3/c1-6-9-7-8-14-11(16-5)10(9)12(15)17-13(2,3)4/h6-8H,1H2,2-5H3. The normalized spacial score (nSPS) is 10.8. The predicted molar refractivity (Wildman–Crippen MR) is 66.0 cm³/mol. The summed E-state index contributed by atoms with van der Waals surface area (Å²) in [5.41, 5.74) is 0.391. The van der Waals surface area contributed by atoms with Gasteiger partial charge >= 0.3 is 5.97 Å². The number of methoxy groups -OCH3 is 1. The zero-order valence-electron chi connectivity index (χ0n) is 10.6. The lowest BCUT2D eigenvalue weighted by Crippen LogP contribution is -2.24. The number of ether oxygens (including phenoxy) is 2. The highest BCUT2D eigenvalue weighted by Gasteiger charge is 2.23. The molecule has 0 radical (unpaired) electrons. The fourth-order valence-corrected chi connectivity index (χ4v) is 1.32. The Hall–Kier alpha value is -1.84. The predicted octanol–water partition coefficient (Wildman–Crippen LogP) is 2.69. The lowest BCUT2D eigenvalue weighted by atomic mass is 10.1. The Morgan fingerprint density at radius 2 is 2.12 bits per heavy atom. The highest BCUT2D eigenvalue weighted by Crippen LogP contribution is 2.23. The van der Waals surface area contributed by atoms with Crippen LogP contribution in [0.2, 0.25) is 0 Å². The number of esters is 1. The topological polar surface area (TPSA) is 48.4 Å². The number of carbonyl (C=O) groups excluding carboxylic acids is 1. The number of rotatable bonds is 3. The fourth-order valence-electron chi connectivity index (χ4n) is 1.32. The lowest BCUT2D eigenvalue weighted by Gasteiger charge is -2.20. The van der Waals surface area contributed by atoms with E-state index in [0.717, 1.165) is 0 Å². The van der Waals surface area contributed by atoms with Gasteiger partial charge in [-0.15, -0.1) is 0 Å². The summed E-state index contributed by atoms with van der Waals surface area (Å²) in [6.45, 7) is 9.08. The van der Waals surface area contributed by atoms with Crippen molar-refractivity contribution in [1.82, 2.24) is 4.98 Å². The molecular formula is C13H17NO3. The van der Waals surface area contributed by atoms with Gasteiger partial charge in [-0.3, -0.25) is 0 Å². The summed E-state index contributed by atoms with van der Waals surface area (Å²) < 4.78 is 10.4. The van der Waals surface area contributed by atoms with Crippen molar-refractivity contribution in [3.8, 4) is 5.88 Å². The van der Waals surface area contributed by atoms with Gasteiger partial charge < -0.3 is 9.47 Å². The third-order valence-corrected chi connectivity index (χ3v) is 1.96. The van der Waals surface area contributed by atoms with Crippen LogP contribution in [0.15, 0.2) is 18.8 Å². The number of pyridine rings is 1. The molecule has 0 amide bonds. The summed E-state index contributed by atoms with van der Waals surface area (Å²) in [7, 11) is 1.46. The van der Waals surface area contributed by atoms with E-state index in [2.05, 4.69) is 11.6 Å². The maximum Gasteiger partial charge on any atom is 0.344 e. The van der Waals surface area contributed by atoms with Gasteiger partial charge in [-0.25, -0.2) is 9.78 Å². The molecule has 17 heavy (non-hydrogen) atoms. The Morgan fingerprint density at radius 1 is 1.47 bits per heavy atom. The summed E-state index contributed by atoms with van der Waals surface area (Å²) >= 11 is 0. The third kappa shape index (κ3) is 3.31. The van der Waals surface area contributed by atoms with Crippen LogP contribution in [0.1, 0.15) is 36.7 Å². The van der Waals surface area contributed by atoms with Gasteiger partial charge in [0.2, 0.25) is 5.88 Å². The van der Waals surface area contributed by atoms with Gasteiger partial charge in [-0.1, -0.05) is 12.7 Å². The van der Waals surface area contributed by atoms with Gasteiger partial charge in [0, 0.05) is 6.20 Å². The maximum absolute atomic E-state index is 12.0. The molecule has 0 aliphatic rings. The molecule has 92 valence electrons. The summed E-state index contributed by atoms with van der Waals surface area (Å²) in [5, 5.41) is 0. The second-order valence-electron chi connectivity index (χ2n) is 4.49. The summed E-state index contributed by atoms with van der Waals surface area (Å²) in [5.74, 6) is -0.214. The molecule has 0 spiro atoms. The summed E-state index contributed by atoms with van der Waals surface area (Å²) in [6, 6.07) is 1.69. The molecule has 0 saturated heterocycles. The smallest absolute Gasteiger partial charge is 0.344 e. The highest BCUT2D eigenvalue weighted by molar-refractivity contribution is 5.96. The summed E-state index contributed by atoms with van der Waals surface area (Å²) in [6.07, 6.45) is 3.13. The molecule has 1 aromatic heterocycles.